The van der Waals surface area contributed by atoms with E-state index in [0.29, 0.717) is 13.0 Å². The van der Waals surface area contributed by atoms with Crippen molar-refractivity contribution in [1.82, 2.24) is 5.32 Å². The fourth-order valence-corrected chi connectivity index (χ4v) is 1.79. The number of rotatable bonds is 6. The van der Waals surface area contributed by atoms with Crippen LogP contribution in [0.2, 0.25) is 0 Å². The summed E-state index contributed by atoms with van der Waals surface area (Å²) >= 11 is 0. The number of halogens is 1. The van der Waals surface area contributed by atoms with E-state index in [9.17, 15) is 19.1 Å². The van der Waals surface area contributed by atoms with Crippen LogP contribution in [-0.2, 0) is 9.59 Å². The molecule has 20 heavy (non-hydrogen) atoms. The van der Waals surface area contributed by atoms with Crippen LogP contribution in [0.1, 0.15) is 25.7 Å². The van der Waals surface area contributed by atoms with E-state index in [2.05, 4.69) is 10.6 Å². The highest BCUT2D eigenvalue weighted by molar-refractivity contribution is 5.92. The lowest BCUT2D eigenvalue weighted by atomic mass is 10.2. The van der Waals surface area contributed by atoms with Crippen molar-refractivity contribution in [2.45, 2.75) is 25.7 Å². The van der Waals surface area contributed by atoms with Gasteiger partial charge in [-0.3, -0.25) is 9.59 Å². The van der Waals surface area contributed by atoms with Crippen molar-refractivity contribution in [2.75, 3.05) is 11.9 Å². The van der Waals surface area contributed by atoms with Crippen molar-refractivity contribution < 1.29 is 19.1 Å². The van der Waals surface area contributed by atoms with Crippen LogP contribution in [0.4, 0.5) is 10.1 Å². The van der Waals surface area contributed by atoms with Crippen LogP contribution in [0, 0.1) is 11.7 Å². The number of benzene rings is 1. The van der Waals surface area contributed by atoms with Gasteiger partial charge in [0.1, 0.15) is 11.4 Å². The van der Waals surface area contributed by atoms with Gasteiger partial charge in [0.05, 0.1) is 0 Å². The molecule has 1 aromatic rings. The minimum atomic E-state index is -0.680. The first kappa shape index (κ1) is 14.3. The number of nitrogens with one attached hydrogen (secondary N) is 2. The molecule has 1 aliphatic rings. The lowest BCUT2D eigenvalue weighted by molar-refractivity contribution is -0.122. The first-order valence-corrected chi connectivity index (χ1v) is 6.63. The summed E-state index contributed by atoms with van der Waals surface area (Å²) in [4.78, 5) is 22.9. The van der Waals surface area contributed by atoms with Crippen LogP contribution in [0.25, 0.3) is 0 Å². The van der Waals surface area contributed by atoms with Gasteiger partial charge in [-0.25, -0.2) is 4.39 Å². The van der Waals surface area contributed by atoms with Gasteiger partial charge in [0.15, 0.2) is 5.82 Å². The van der Waals surface area contributed by atoms with Gasteiger partial charge in [0.2, 0.25) is 11.8 Å². The van der Waals surface area contributed by atoms with Crippen LogP contribution in [0.15, 0.2) is 18.2 Å². The van der Waals surface area contributed by atoms with Crippen molar-refractivity contribution in [3.63, 3.8) is 0 Å². The quantitative estimate of drug-likeness (QED) is 0.549. The van der Waals surface area contributed by atoms with E-state index >= 15 is 0 Å². The van der Waals surface area contributed by atoms with Gasteiger partial charge >= 0.3 is 0 Å². The number of amides is 2. The van der Waals surface area contributed by atoms with Crippen LogP contribution in [0.5, 0.6) is 5.75 Å². The van der Waals surface area contributed by atoms with Gasteiger partial charge in [-0.2, -0.15) is 0 Å². The predicted octanol–water partition coefficient (Wildman–Crippen LogP) is 1.78. The van der Waals surface area contributed by atoms with Crippen LogP contribution >= 0.6 is 0 Å². The van der Waals surface area contributed by atoms with Crippen molar-refractivity contribution in [2.24, 2.45) is 5.92 Å². The number of aromatic hydroxyl groups is 1. The first-order valence-electron chi connectivity index (χ1n) is 6.63. The summed E-state index contributed by atoms with van der Waals surface area (Å²) in [7, 11) is 0. The van der Waals surface area contributed by atoms with Gasteiger partial charge < -0.3 is 15.7 Å². The number of carbonyl (C=O) groups is 2. The molecular weight excluding hydrogens is 263 g/mol. The Balaban J connectivity index is 1.71. The fourth-order valence-electron chi connectivity index (χ4n) is 1.79. The van der Waals surface area contributed by atoms with Crippen molar-refractivity contribution in [1.29, 1.82) is 0 Å². The van der Waals surface area contributed by atoms with E-state index in [1.807, 2.05) is 0 Å². The maximum atomic E-state index is 13.4. The average molecular weight is 280 g/mol. The Bertz CT molecular complexity index is 495. The molecule has 6 heteroatoms. The Hall–Kier alpha value is -2.11. The Kier molecular flexibility index (Phi) is 4.55. The molecule has 5 nitrogen and oxygen atoms in total. The molecule has 1 aliphatic carbocycles. The number of carbonyl (C=O) groups excluding carboxylic acids is 2. The Morgan fingerprint density at radius 3 is 2.75 bits per heavy atom. The summed E-state index contributed by atoms with van der Waals surface area (Å²) < 4.78 is 13.4. The minimum Gasteiger partial charge on any atom is -0.506 e. The summed E-state index contributed by atoms with van der Waals surface area (Å²) in [6, 6.07) is 3.81. The van der Waals surface area contributed by atoms with Gasteiger partial charge in [0.25, 0.3) is 0 Å². The van der Waals surface area contributed by atoms with E-state index in [0.717, 1.165) is 18.9 Å². The molecule has 0 aliphatic heterocycles. The molecule has 0 aromatic heterocycles. The molecule has 3 N–H and O–H groups in total. The van der Waals surface area contributed by atoms with E-state index < -0.39 is 11.7 Å². The Morgan fingerprint density at radius 2 is 2.10 bits per heavy atom. The molecule has 2 amide bonds. The highest BCUT2D eigenvalue weighted by Crippen LogP contribution is 2.28. The highest BCUT2D eigenvalue weighted by atomic mass is 19.1. The molecule has 0 heterocycles. The first-order chi connectivity index (χ1) is 9.58. The topological polar surface area (TPSA) is 78.4 Å². The van der Waals surface area contributed by atoms with E-state index in [1.165, 1.54) is 12.1 Å². The minimum absolute atomic E-state index is 0.0390. The summed E-state index contributed by atoms with van der Waals surface area (Å²) in [6.07, 6.45) is 2.51. The molecule has 0 bridgehead atoms. The van der Waals surface area contributed by atoms with Gasteiger partial charge in [-0.15, -0.1) is 0 Å². The third-order valence-electron chi connectivity index (χ3n) is 3.08. The Labute approximate surface area is 116 Å². The van der Waals surface area contributed by atoms with Crippen LogP contribution in [-0.4, -0.2) is 23.5 Å². The van der Waals surface area contributed by atoms with E-state index in [1.54, 1.807) is 0 Å². The summed E-state index contributed by atoms with van der Waals surface area (Å²) in [5, 5.41) is 14.5. The van der Waals surface area contributed by atoms with Crippen molar-refractivity contribution in [3.05, 3.63) is 24.0 Å². The normalized spacial score (nSPS) is 13.8. The molecule has 1 aromatic carbocycles. The Morgan fingerprint density at radius 1 is 1.35 bits per heavy atom. The number of phenols is 1. The van der Waals surface area contributed by atoms with Crippen molar-refractivity contribution in [3.8, 4) is 5.75 Å². The third kappa shape index (κ3) is 3.94. The standard InChI is InChI=1S/C14H17FN2O3/c15-10-3-1-4-11(18)13(10)17-12(19)5-2-8-16-14(20)9-6-7-9/h1,3-4,9,18H,2,5-8H2,(H,16,20)(H,17,19). The zero-order valence-electron chi connectivity index (χ0n) is 11.0. The lowest BCUT2D eigenvalue weighted by Crippen LogP contribution is -2.26. The summed E-state index contributed by atoms with van der Waals surface area (Å²) in [5.41, 5.74) is -0.209. The lowest BCUT2D eigenvalue weighted by Gasteiger charge is -2.08. The number of hydrogen-bond acceptors (Lipinski definition) is 3. The largest absolute Gasteiger partial charge is 0.506 e. The van der Waals surface area contributed by atoms with Crippen LogP contribution < -0.4 is 10.6 Å². The molecule has 1 saturated carbocycles. The average Bonchev–Trinajstić information content (AvgIpc) is 3.23. The molecule has 0 saturated heterocycles. The predicted molar refractivity (Wildman–Crippen MR) is 71.7 cm³/mol. The number of para-hydroxylation sites is 1. The second kappa shape index (κ2) is 6.36. The summed E-state index contributed by atoms with van der Waals surface area (Å²) in [5.74, 6) is -1.19. The van der Waals surface area contributed by atoms with Crippen molar-refractivity contribution >= 4 is 17.5 Å². The van der Waals surface area contributed by atoms with E-state index in [-0.39, 0.29) is 29.7 Å². The fraction of sp³-hybridized carbons (Fsp3) is 0.429. The number of anilines is 1. The van der Waals surface area contributed by atoms with Gasteiger partial charge in [0, 0.05) is 18.9 Å². The SMILES string of the molecule is O=C(CCCNC(=O)C1CC1)Nc1c(O)cccc1F. The monoisotopic (exact) mass is 280 g/mol. The molecule has 1 fully saturated rings. The molecule has 0 radical (unpaired) electrons. The van der Waals surface area contributed by atoms with Crippen LogP contribution in [0.3, 0.4) is 0 Å². The van der Waals surface area contributed by atoms with E-state index in [4.69, 9.17) is 0 Å². The smallest absolute Gasteiger partial charge is 0.224 e. The maximum absolute atomic E-state index is 13.4. The molecular formula is C14H17FN2O3. The molecule has 0 unspecified atom stereocenters. The second-order valence-electron chi connectivity index (χ2n) is 4.85. The zero-order valence-corrected chi connectivity index (χ0v) is 11.0. The second-order valence-corrected chi connectivity index (χ2v) is 4.85. The molecule has 0 spiro atoms. The highest BCUT2D eigenvalue weighted by Gasteiger charge is 2.28. The third-order valence-corrected chi connectivity index (χ3v) is 3.08. The maximum Gasteiger partial charge on any atom is 0.224 e. The number of phenolic OH excluding ortho intramolecular Hbond substituents is 1. The molecule has 0 atom stereocenters. The summed E-state index contributed by atoms with van der Waals surface area (Å²) in [6.45, 7) is 0.423. The zero-order chi connectivity index (χ0) is 14.5. The molecule has 2 rings (SSSR count). The van der Waals surface area contributed by atoms with Gasteiger partial charge in [-0.05, 0) is 31.4 Å². The number of hydrogen-bond donors (Lipinski definition) is 3. The molecule has 108 valence electrons. The van der Waals surface area contributed by atoms with Gasteiger partial charge in [-0.1, -0.05) is 6.07 Å².